The van der Waals surface area contributed by atoms with Gasteiger partial charge in [0, 0.05) is 5.69 Å². The van der Waals surface area contributed by atoms with Gasteiger partial charge in [-0.15, -0.1) is 0 Å². The number of phenolic OH excluding ortho intramolecular Hbond substituents is 1. The Bertz CT molecular complexity index is 557. The molecule has 0 amide bonds. The molecule has 3 N–H and O–H groups in total. The molecule has 0 bridgehead atoms. The molecule has 2 nitrogen and oxygen atoms in total. The van der Waals surface area contributed by atoms with Gasteiger partial charge >= 0.3 is 0 Å². The predicted octanol–water partition coefficient (Wildman–Crippen LogP) is 5.26. The van der Waals surface area contributed by atoms with Crippen LogP contribution >= 0.6 is 0 Å². The van der Waals surface area contributed by atoms with E-state index in [1.54, 1.807) is 24.3 Å². The van der Waals surface area contributed by atoms with E-state index in [0.717, 1.165) is 5.69 Å². The molecule has 2 rings (SSSR count). The normalized spacial score (nSPS) is 11.5. The molecule has 0 fully saturated rings. The summed E-state index contributed by atoms with van der Waals surface area (Å²) in [4.78, 5) is 0. The Morgan fingerprint density at radius 2 is 1.14 bits per heavy atom. The number of rotatable bonds is 0. The van der Waals surface area contributed by atoms with Crippen molar-refractivity contribution in [2.24, 2.45) is 0 Å². The molecule has 0 aliphatic heterocycles. The first-order chi connectivity index (χ1) is 10.00. The molecule has 0 saturated carbocycles. The van der Waals surface area contributed by atoms with Gasteiger partial charge in [0.05, 0.1) is 0 Å². The monoisotopic (exact) mass is 299 g/mol. The zero-order valence-electron chi connectivity index (χ0n) is 14.6. The minimum atomic E-state index is 0.162. The molecule has 0 aliphatic rings. The molecular weight excluding hydrogens is 270 g/mol. The fraction of sp³-hybridized carbons (Fsp3) is 0.400. The lowest BCUT2D eigenvalue weighted by Crippen LogP contribution is -2.16. The highest BCUT2D eigenvalue weighted by Gasteiger charge is 2.19. The molecule has 0 radical (unpaired) electrons. The minimum absolute atomic E-state index is 0.162. The Labute approximate surface area is 135 Å². The Kier molecular flexibility index (Phi) is 5.65. The zero-order chi connectivity index (χ0) is 17.0. The van der Waals surface area contributed by atoms with Crippen molar-refractivity contribution in [1.82, 2.24) is 0 Å². The SMILES string of the molecule is CC(C)(C)c1cc(N)cc(C(C)(C)C)c1.Oc1ccccc1. The zero-order valence-corrected chi connectivity index (χ0v) is 14.6. The fourth-order valence-corrected chi connectivity index (χ4v) is 1.95. The molecule has 0 saturated heterocycles. The summed E-state index contributed by atoms with van der Waals surface area (Å²) in [5.41, 5.74) is 9.77. The molecule has 0 aliphatic carbocycles. The summed E-state index contributed by atoms with van der Waals surface area (Å²) < 4.78 is 0. The van der Waals surface area contributed by atoms with Crippen molar-refractivity contribution in [3.8, 4) is 5.75 Å². The lowest BCUT2D eigenvalue weighted by Gasteiger charge is -2.25. The number of nitrogen functional groups attached to an aromatic ring is 1. The van der Waals surface area contributed by atoms with E-state index in [1.165, 1.54) is 11.1 Å². The van der Waals surface area contributed by atoms with Crippen molar-refractivity contribution in [3.63, 3.8) is 0 Å². The van der Waals surface area contributed by atoms with E-state index in [4.69, 9.17) is 10.8 Å². The van der Waals surface area contributed by atoms with Crippen LogP contribution in [0.4, 0.5) is 5.69 Å². The average Bonchev–Trinajstić information content (AvgIpc) is 2.37. The van der Waals surface area contributed by atoms with E-state index in [1.807, 2.05) is 6.07 Å². The van der Waals surface area contributed by atoms with Crippen LogP contribution in [0.25, 0.3) is 0 Å². The van der Waals surface area contributed by atoms with Gasteiger partial charge in [0.1, 0.15) is 5.75 Å². The van der Waals surface area contributed by atoms with Crippen LogP contribution in [0.5, 0.6) is 5.75 Å². The highest BCUT2D eigenvalue weighted by Crippen LogP contribution is 2.30. The van der Waals surface area contributed by atoms with E-state index >= 15 is 0 Å². The molecule has 0 aromatic heterocycles. The predicted molar refractivity (Wildman–Crippen MR) is 96.4 cm³/mol. The molecule has 0 heterocycles. The standard InChI is InChI=1S/C14H23N.C6H6O/c1-13(2,3)10-7-11(14(4,5)6)9-12(15)8-10;7-6-4-2-1-3-5-6/h7-9H,15H2,1-6H3;1-5,7H. The van der Waals surface area contributed by atoms with Gasteiger partial charge in [0.25, 0.3) is 0 Å². The van der Waals surface area contributed by atoms with Crippen molar-refractivity contribution in [1.29, 1.82) is 0 Å². The second-order valence-corrected chi connectivity index (χ2v) is 7.68. The van der Waals surface area contributed by atoms with E-state index in [9.17, 15) is 0 Å². The van der Waals surface area contributed by atoms with Crippen molar-refractivity contribution >= 4 is 5.69 Å². The maximum atomic E-state index is 8.63. The van der Waals surface area contributed by atoms with Crippen molar-refractivity contribution in [3.05, 3.63) is 59.7 Å². The lowest BCUT2D eigenvalue weighted by molar-refractivity contribution is 0.475. The van der Waals surface area contributed by atoms with Gasteiger partial charge in [-0.2, -0.15) is 0 Å². The molecule has 22 heavy (non-hydrogen) atoms. The van der Waals surface area contributed by atoms with Gasteiger partial charge in [-0.05, 0) is 46.2 Å². The van der Waals surface area contributed by atoms with Gasteiger partial charge in [-0.3, -0.25) is 0 Å². The number of anilines is 1. The van der Waals surface area contributed by atoms with Gasteiger partial charge in [-0.1, -0.05) is 65.8 Å². The van der Waals surface area contributed by atoms with E-state index in [-0.39, 0.29) is 10.8 Å². The minimum Gasteiger partial charge on any atom is -0.508 e. The first kappa shape index (κ1) is 18.1. The second kappa shape index (κ2) is 6.87. The van der Waals surface area contributed by atoms with Gasteiger partial charge in [-0.25, -0.2) is 0 Å². The molecule has 2 aromatic carbocycles. The first-order valence-electron chi connectivity index (χ1n) is 7.66. The summed E-state index contributed by atoms with van der Waals surface area (Å²) in [5, 5.41) is 8.63. The summed E-state index contributed by atoms with van der Waals surface area (Å²) in [7, 11) is 0. The molecule has 2 aromatic rings. The maximum Gasteiger partial charge on any atom is 0.115 e. The van der Waals surface area contributed by atoms with Crippen LogP contribution < -0.4 is 5.73 Å². The van der Waals surface area contributed by atoms with E-state index in [0.29, 0.717) is 5.75 Å². The molecular formula is C20H29NO. The quantitative estimate of drug-likeness (QED) is 0.652. The second-order valence-electron chi connectivity index (χ2n) is 7.68. The highest BCUT2D eigenvalue weighted by atomic mass is 16.3. The number of nitrogens with two attached hydrogens (primary N) is 1. The van der Waals surface area contributed by atoms with Crippen molar-refractivity contribution < 1.29 is 5.11 Å². The third-order valence-electron chi connectivity index (χ3n) is 3.44. The van der Waals surface area contributed by atoms with Gasteiger partial charge < -0.3 is 10.8 Å². The van der Waals surface area contributed by atoms with Crippen molar-refractivity contribution in [2.45, 2.75) is 52.4 Å². The average molecular weight is 299 g/mol. The number of hydrogen-bond donors (Lipinski definition) is 2. The Hall–Kier alpha value is -1.96. The maximum absolute atomic E-state index is 8.63. The Morgan fingerprint density at radius 1 is 0.727 bits per heavy atom. The Morgan fingerprint density at radius 3 is 1.41 bits per heavy atom. The number of benzene rings is 2. The van der Waals surface area contributed by atoms with Gasteiger partial charge in [0.2, 0.25) is 0 Å². The molecule has 0 atom stereocenters. The number of hydrogen-bond acceptors (Lipinski definition) is 2. The van der Waals surface area contributed by atoms with Crippen LogP contribution in [0.3, 0.4) is 0 Å². The lowest BCUT2D eigenvalue weighted by atomic mass is 9.80. The molecule has 0 spiro atoms. The third kappa shape index (κ3) is 5.80. The smallest absolute Gasteiger partial charge is 0.115 e. The molecule has 2 heteroatoms. The summed E-state index contributed by atoms with van der Waals surface area (Å²) in [6.45, 7) is 13.3. The molecule has 0 unspecified atom stereocenters. The summed E-state index contributed by atoms with van der Waals surface area (Å²) >= 11 is 0. The van der Waals surface area contributed by atoms with Crippen LogP contribution in [0.2, 0.25) is 0 Å². The van der Waals surface area contributed by atoms with E-state index < -0.39 is 0 Å². The highest BCUT2D eigenvalue weighted by molar-refractivity contribution is 5.48. The fourth-order valence-electron chi connectivity index (χ4n) is 1.95. The van der Waals surface area contributed by atoms with Crippen LogP contribution in [-0.2, 0) is 10.8 Å². The van der Waals surface area contributed by atoms with Crippen LogP contribution in [0.1, 0.15) is 52.7 Å². The third-order valence-corrected chi connectivity index (χ3v) is 3.44. The topological polar surface area (TPSA) is 46.2 Å². The van der Waals surface area contributed by atoms with Crippen LogP contribution in [0.15, 0.2) is 48.5 Å². The number of aromatic hydroxyl groups is 1. The first-order valence-corrected chi connectivity index (χ1v) is 7.66. The summed E-state index contributed by atoms with van der Waals surface area (Å²) in [6.07, 6.45) is 0. The number of para-hydroxylation sites is 1. The molecule has 120 valence electrons. The number of phenols is 1. The van der Waals surface area contributed by atoms with Crippen LogP contribution in [-0.4, -0.2) is 5.11 Å². The van der Waals surface area contributed by atoms with Crippen molar-refractivity contribution in [2.75, 3.05) is 5.73 Å². The van der Waals surface area contributed by atoms with Crippen LogP contribution in [0, 0.1) is 0 Å². The van der Waals surface area contributed by atoms with Gasteiger partial charge in [0.15, 0.2) is 0 Å². The largest absolute Gasteiger partial charge is 0.508 e. The summed E-state index contributed by atoms with van der Waals surface area (Å²) in [5.74, 6) is 0.322. The van der Waals surface area contributed by atoms with E-state index in [2.05, 4.69) is 59.7 Å². The summed E-state index contributed by atoms with van der Waals surface area (Å²) in [6, 6.07) is 15.1. The Balaban J connectivity index is 0.000000287.